The van der Waals surface area contributed by atoms with Crippen molar-refractivity contribution in [2.24, 2.45) is 0 Å². The number of unbranched alkanes of at least 4 members (excludes halogenated alkanes) is 7. The molecule has 0 bridgehead atoms. The number of halogens is 1. The van der Waals surface area contributed by atoms with Crippen LogP contribution < -0.4 is 0 Å². The van der Waals surface area contributed by atoms with E-state index in [9.17, 15) is 4.79 Å². The minimum atomic E-state index is -0.195. The first-order valence-corrected chi connectivity index (χ1v) is 9.28. The Bertz CT molecular complexity index is 329. The predicted molar refractivity (Wildman–Crippen MR) is 99.4 cm³/mol. The van der Waals surface area contributed by atoms with Crippen LogP contribution >= 0.6 is 11.6 Å². The summed E-state index contributed by atoms with van der Waals surface area (Å²) in [5, 5.41) is -0.195. The van der Waals surface area contributed by atoms with Crippen LogP contribution in [0.3, 0.4) is 0 Å². The van der Waals surface area contributed by atoms with Crippen LogP contribution in [0, 0.1) is 0 Å². The molecule has 0 aliphatic rings. The Hall–Kier alpha value is -0.820. The van der Waals surface area contributed by atoms with Gasteiger partial charge in [0.2, 0.25) is 5.24 Å². The van der Waals surface area contributed by atoms with E-state index in [2.05, 4.69) is 43.4 Å². The highest BCUT2D eigenvalue weighted by atomic mass is 35.5. The number of hydrogen-bond donors (Lipinski definition) is 0. The number of rotatable bonds is 15. The maximum Gasteiger partial charge on any atom is 0.221 e. The van der Waals surface area contributed by atoms with Crippen molar-refractivity contribution in [2.75, 3.05) is 0 Å². The molecule has 0 aliphatic carbocycles. The van der Waals surface area contributed by atoms with Gasteiger partial charge in [-0.3, -0.25) is 4.79 Å². The van der Waals surface area contributed by atoms with Gasteiger partial charge in [-0.25, -0.2) is 0 Å². The van der Waals surface area contributed by atoms with Gasteiger partial charge in [-0.2, -0.15) is 0 Å². The molecule has 126 valence electrons. The number of allylic oxidation sites excluding steroid dienone is 6. The molecule has 0 rings (SSSR count). The highest BCUT2D eigenvalue weighted by Gasteiger charge is 1.95. The molecule has 0 unspecified atom stereocenters. The normalized spacial score (nSPS) is 12.1. The van der Waals surface area contributed by atoms with E-state index in [0.29, 0.717) is 6.42 Å². The fourth-order valence-electron chi connectivity index (χ4n) is 2.24. The molecule has 0 atom stereocenters. The molecule has 0 spiro atoms. The molecular weight excluding hydrogens is 292 g/mol. The van der Waals surface area contributed by atoms with Gasteiger partial charge in [0.05, 0.1) is 0 Å². The average Bonchev–Trinajstić information content (AvgIpc) is 2.50. The lowest BCUT2D eigenvalue weighted by molar-refractivity contribution is -0.111. The predicted octanol–water partition coefficient (Wildman–Crippen LogP) is 7.12. The van der Waals surface area contributed by atoms with E-state index in [4.69, 9.17) is 11.6 Å². The molecule has 0 N–H and O–H groups in total. The van der Waals surface area contributed by atoms with Crippen molar-refractivity contribution in [3.63, 3.8) is 0 Å². The van der Waals surface area contributed by atoms with Crippen LogP contribution in [0.15, 0.2) is 36.5 Å². The summed E-state index contributed by atoms with van der Waals surface area (Å²) in [6.45, 7) is 2.16. The lowest BCUT2D eigenvalue weighted by atomic mass is 10.1. The van der Waals surface area contributed by atoms with Crippen molar-refractivity contribution in [3.05, 3.63) is 36.5 Å². The van der Waals surface area contributed by atoms with E-state index in [0.717, 1.165) is 32.1 Å². The molecule has 0 aliphatic heterocycles. The number of carbonyl (C=O) groups is 1. The molecule has 0 aromatic rings. The average molecular weight is 325 g/mol. The van der Waals surface area contributed by atoms with Crippen LogP contribution in [-0.2, 0) is 4.79 Å². The highest BCUT2D eigenvalue weighted by molar-refractivity contribution is 6.63. The van der Waals surface area contributed by atoms with Gasteiger partial charge in [-0.15, -0.1) is 0 Å². The van der Waals surface area contributed by atoms with Crippen molar-refractivity contribution >= 4 is 16.8 Å². The Kier molecular flexibility index (Phi) is 17.6. The summed E-state index contributed by atoms with van der Waals surface area (Å²) in [4.78, 5) is 10.6. The minimum absolute atomic E-state index is 0.195. The second-order valence-electron chi connectivity index (χ2n) is 5.66. The van der Waals surface area contributed by atoms with Crippen LogP contribution in [0.1, 0.15) is 84.0 Å². The van der Waals surface area contributed by atoms with E-state index in [-0.39, 0.29) is 5.24 Å². The Labute approximate surface area is 142 Å². The van der Waals surface area contributed by atoms with Crippen molar-refractivity contribution in [1.82, 2.24) is 0 Å². The Morgan fingerprint density at radius 1 is 0.727 bits per heavy atom. The van der Waals surface area contributed by atoms with Crippen LogP contribution in [0.2, 0.25) is 0 Å². The van der Waals surface area contributed by atoms with Gasteiger partial charge in [0.15, 0.2) is 0 Å². The monoisotopic (exact) mass is 324 g/mol. The zero-order chi connectivity index (χ0) is 16.3. The molecule has 0 aromatic carbocycles. The van der Waals surface area contributed by atoms with Gasteiger partial charge in [-0.05, 0) is 50.1 Å². The molecule has 22 heavy (non-hydrogen) atoms. The maximum atomic E-state index is 10.6. The van der Waals surface area contributed by atoms with Crippen LogP contribution in [0.25, 0.3) is 0 Å². The van der Waals surface area contributed by atoms with Crippen LogP contribution in [0.5, 0.6) is 0 Å². The summed E-state index contributed by atoms with van der Waals surface area (Å²) < 4.78 is 0. The molecular formula is C20H33ClO. The summed E-state index contributed by atoms with van der Waals surface area (Å²) in [7, 11) is 0. The van der Waals surface area contributed by atoms with E-state index in [1.54, 1.807) is 0 Å². The van der Waals surface area contributed by atoms with E-state index < -0.39 is 0 Å². The summed E-state index contributed by atoms with van der Waals surface area (Å²) in [5.41, 5.74) is 0. The van der Waals surface area contributed by atoms with E-state index in [1.807, 2.05) is 0 Å². The van der Waals surface area contributed by atoms with Crippen molar-refractivity contribution in [3.8, 4) is 0 Å². The summed E-state index contributed by atoms with van der Waals surface area (Å²) in [6.07, 6.45) is 27.0. The van der Waals surface area contributed by atoms with Crippen molar-refractivity contribution < 1.29 is 4.79 Å². The molecule has 0 saturated heterocycles. The molecule has 0 fully saturated rings. The van der Waals surface area contributed by atoms with Gasteiger partial charge >= 0.3 is 0 Å². The van der Waals surface area contributed by atoms with Gasteiger partial charge < -0.3 is 0 Å². The fourth-order valence-corrected chi connectivity index (χ4v) is 2.37. The second-order valence-corrected chi connectivity index (χ2v) is 6.08. The number of carbonyl (C=O) groups excluding carboxylic acids is 1. The molecule has 0 saturated carbocycles. The first kappa shape index (κ1) is 21.2. The summed E-state index contributed by atoms with van der Waals surface area (Å²) in [5.74, 6) is 0. The van der Waals surface area contributed by atoms with Crippen LogP contribution in [0.4, 0.5) is 0 Å². The smallest absolute Gasteiger partial charge is 0.221 e. The van der Waals surface area contributed by atoms with Crippen LogP contribution in [-0.4, -0.2) is 5.24 Å². The standard InChI is InChI=1S/C20H33ClO/c1-2-3-4-5-6-7-8-9-10-11-12-13-14-15-16-17-18-19-20(21)22/h3-4,6-7,9-10H,2,5,8,11-19H2,1H3. The first-order chi connectivity index (χ1) is 10.8. The van der Waals surface area contributed by atoms with E-state index in [1.165, 1.54) is 38.5 Å². The topological polar surface area (TPSA) is 17.1 Å². The zero-order valence-electron chi connectivity index (χ0n) is 14.2. The Morgan fingerprint density at radius 3 is 1.82 bits per heavy atom. The Morgan fingerprint density at radius 2 is 1.23 bits per heavy atom. The fraction of sp³-hybridized carbons (Fsp3) is 0.650. The molecule has 1 nitrogen and oxygen atoms in total. The third-order valence-electron chi connectivity index (χ3n) is 3.52. The quantitative estimate of drug-likeness (QED) is 0.178. The zero-order valence-corrected chi connectivity index (χ0v) is 15.0. The van der Waals surface area contributed by atoms with Gasteiger partial charge in [0.1, 0.15) is 0 Å². The summed E-state index contributed by atoms with van der Waals surface area (Å²) >= 11 is 5.30. The lowest BCUT2D eigenvalue weighted by Crippen LogP contribution is -1.86. The molecule has 0 aromatic heterocycles. The third kappa shape index (κ3) is 19.2. The maximum absolute atomic E-state index is 10.6. The minimum Gasteiger partial charge on any atom is -0.281 e. The molecule has 2 heteroatoms. The molecule has 0 radical (unpaired) electrons. The first-order valence-electron chi connectivity index (χ1n) is 8.90. The largest absolute Gasteiger partial charge is 0.281 e. The molecule has 0 heterocycles. The highest BCUT2D eigenvalue weighted by Crippen LogP contribution is 2.10. The van der Waals surface area contributed by atoms with Gasteiger partial charge in [0.25, 0.3) is 0 Å². The van der Waals surface area contributed by atoms with Gasteiger partial charge in [0, 0.05) is 6.42 Å². The Balaban J connectivity index is 3.20. The van der Waals surface area contributed by atoms with Gasteiger partial charge in [-0.1, -0.05) is 75.5 Å². The third-order valence-corrected chi connectivity index (χ3v) is 3.71. The number of hydrogen-bond acceptors (Lipinski definition) is 1. The SMILES string of the molecule is CCC=CCC=CCC=CCCCCCCCCCC(=O)Cl. The van der Waals surface area contributed by atoms with E-state index >= 15 is 0 Å². The summed E-state index contributed by atoms with van der Waals surface area (Å²) in [6, 6.07) is 0. The lowest BCUT2D eigenvalue weighted by Gasteiger charge is -2.00. The van der Waals surface area contributed by atoms with Crippen molar-refractivity contribution in [2.45, 2.75) is 84.0 Å². The second kappa shape index (κ2) is 18.2. The molecule has 0 amide bonds. The van der Waals surface area contributed by atoms with Crippen molar-refractivity contribution in [1.29, 1.82) is 0 Å².